The molecule has 0 radical (unpaired) electrons. The highest BCUT2D eigenvalue weighted by Crippen LogP contribution is 2.35. The fourth-order valence-electron chi connectivity index (χ4n) is 4.25. The summed E-state index contributed by atoms with van der Waals surface area (Å²) in [5.41, 5.74) is 1.66. The first kappa shape index (κ1) is 23.0. The maximum Gasteiger partial charge on any atom is 0.309 e. The molecule has 1 saturated heterocycles. The van der Waals surface area contributed by atoms with Crippen molar-refractivity contribution in [1.82, 2.24) is 14.5 Å². The zero-order chi connectivity index (χ0) is 22.4. The molecule has 0 amide bonds. The molecule has 0 unspecified atom stereocenters. The maximum absolute atomic E-state index is 13.5. The second kappa shape index (κ2) is 10.5. The van der Waals surface area contributed by atoms with Crippen LogP contribution in [0.5, 0.6) is 5.75 Å². The van der Waals surface area contributed by atoms with E-state index >= 15 is 0 Å². The van der Waals surface area contributed by atoms with Crippen LogP contribution in [0, 0.1) is 12.8 Å². The molecule has 0 bridgehead atoms. The van der Waals surface area contributed by atoms with Crippen molar-refractivity contribution >= 4 is 5.97 Å². The third-order valence-corrected chi connectivity index (χ3v) is 5.85. The van der Waals surface area contributed by atoms with Crippen LogP contribution in [-0.2, 0) is 20.8 Å². The van der Waals surface area contributed by atoms with Crippen molar-refractivity contribution in [1.29, 1.82) is 0 Å². The number of carbonyl (C=O) groups is 1. The number of carbonyl (C=O) groups excluding carboxylic acids is 1. The summed E-state index contributed by atoms with van der Waals surface area (Å²) in [7, 11) is 1.59. The minimum absolute atomic E-state index is 0.0227. The van der Waals surface area contributed by atoms with Crippen LogP contribution in [0.25, 0.3) is 0 Å². The Kier molecular flexibility index (Phi) is 7.81. The van der Waals surface area contributed by atoms with Crippen LogP contribution in [0.4, 0.5) is 0 Å². The number of aromatic hydroxyl groups is 1. The van der Waals surface area contributed by atoms with Crippen molar-refractivity contribution in [2.24, 2.45) is 5.92 Å². The first-order chi connectivity index (χ1) is 15.0. The molecule has 8 nitrogen and oxygen atoms in total. The van der Waals surface area contributed by atoms with Crippen LogP contribution in [0.2, 0.25) is 0 Å². The molecule has 3 heterocycles. The Hall–Kier alpha value is -2.71. The first-order valence-electron chi connectivity index (χ1n) is 10.7. The second-order valence-corrected chi connectivity index (χ2v) is 7.78. The third kappa shape index (κ3) is 5.14. The number of pyridine rings is 2. The smallest absolute Gasteiger partial charge is 0.309 e. The molecule has 0 saturated carbocycles. The van der Waals surface area contributed by atoms with Crippen LogP contribution >= 0.6 is 0 Å². The number of ether oxygens (including phenoxy) is 2. The highest BCUT2D eigenvalue weighted by Gasteiger charge is 2.34. The SMILES string of the molecule is CCOC(=O)C1CCN([C@@H](c2ccncc2)c2c(O)cc(C)n(CCOC)c2=O)CC1. The van der Waals surface area contributed by atoms with Crippen molar-refractivity contribution in [2.45, 2.75) is 39.3 Å². The molecule has 2 aromatic heterocycles. The predicted molar refractivity (Wildman–Crippen MR) is 116 cm³/mol. The molecule has 2 aromatic rings. The van der Waals surface area contributed by atoms with E-state index in [0.29, 0.717) is 56.9 Å². The summed E-state index contributed by atoms with van der Waals surface area (Å²) in [6.45, 7) is 6.01. The van der Waals surface area contributed by atoms with Crippen molar-refractivity contribution in [2.75, 3.05) is 33.4 Å². The van der Waals surface area contributed by atoms with Gasteiger partial charge in [-0.15, -0.1) is 0 Å². The third-order valence-electron chi connectivity index (χ3n) is 5.85. The molecule has 3 rings (SSSR count). The molecular weight excluding hydrogens is 398 g/mol. The van der Waals surface area contributed by atoms with E-state index in [9.17, 15) is 14.7 Å². The topological polar surface area (TPSA) is 93.9 Å². The van der Waals surface area contributed by atoms with E-state index in [2.05, 4.69) is 9.88 Å². The van der Waals surface area contributed by atoms with Crippen LogP contribution in [0.15, 0.2) is 35.4 Å². The van der Waals surface area contributed by atoms with Gasteiger partial charge in [0, 0.05) is 31.7 Å². The molecule has 0 aromatic carbocycles. The van der Waals surface area contributed by atoms with Gasteiger partial charge in [0.25, 0.3) is 5.56 Å². The molecule has 1 fully saturated rings. The fraction of sp³-hybridized carbons (Fsp3) is 0.522. The van der Waals surface area contributed by atoms with E-state index in [-0.39, 0.29) is 23.2 Å². The Morgan fingerprint density at radius 1 is 1.29 bits per heavy atom. The number of aromatic nitrogens is 2. The van der Waals surface area contributed by atoms with Gasteiger partial charge in [0.15, 0.2) is 0 Å². The van der Waals surface area contributed by atoms with Crippen LogP contribution in [0.3, 0.4) is 0 Å². The van der Waals surface area contributed by atoms with Crippen LogP contribution in [0.1, 0.15) is 42.6 Å². The lowest BCUT2D eigenvalue weighted by Crippen LogP contribution is -2.42. The molecule has 0 spiro atoms. The van der Waals surface area contributed by atoms with Gasteiger partial charge < -0.3 is 19.1 Å². The van der Waals surface area contributed by atoms with Crippen LogP contribution in [-0.4, -0.2) is 58.9 Å². The van der Waals surface area contributed by atoms with E-state index in [4.69, 9.17) is 9.47 Å². The molecule has 31 heavy (non-hydrogen) atoms. The number of aryl methyl sites for hydroxylation is 1. The summed E-state index contributed by atoms with van der Waals surface area (Å²) in [5.74, 6) is -0.326. The number of methoxy groups -OCH3 is 1. The van der Waals surface area contributed by atoms with Gasteiger partial charge in [-0.05, 0) is 63.5 Å². The summed E-state index contributed by atoms with van der Waals surface area (Å²) >= 11 is 0. The van der Waals surface area contributed by atoms with E-state index in [1.807, 2.05) is 12.1 Å². The van der Waals surface area contributed by atoms with Gasteiger partial charge in [0.05, 0.1) is 30.7 Å². The predicted octanol–water partition coefficient (Wildman–Crippen LogP) is 2.27. The average Bonchev–Trinajstić information content (AvgIpc) is 2.77. The Morgan fingerprint density at radius 2 is 1.97 bits per heavy atom. The average molecular weight is 430 g/mol. The van der Waals surface area contributed by atoms with E-state index in [1.165, 1.54) is 0 Å². The van der Waals surface area contributed by atoms with E-state index in [0.717, 1.165) is 5.56 Å². The molecule has 1 atom stereocenters. The number of rotatable bonds is 8. The molecule has 1 aliphatic rings. The van der Waals surface area contributed by atoms with Crippen molar-refractivity contribution in [3.8, 4) is 5.75 Å². The highest BCUT2D eigenvalue weighted by atomic mass is 16.5. The van der Waals surface area contributed by atoms with Gasteiger partial charge in [-0.25, -0.2) is 0 Å². The molecular formula is C23H31N3O5. The summed E-state index contributed by atoms with van der Waals surface area (Å²) < 4.78 is 12.0. The first-order valence-corrected chi connectivity index (χ1v) is 10.7. The number of piperidine rings is 1. The Balaban J connectivity index is 1.99. The van der Waals surface area contributed by atoms with Crippen molar-refractivity contribution in [3.63, 3.8) is 0 Å². The van der Waals surface area contributed by atoms with Crippen molar-refractivity contribution in [3.05, 3.63) is 57.8 Å². The van der Waals surface area contributed by atoms with Gasteiger partial charge in [-0.1, -0.05) is 0 Å². The number of likely N-dealkylation sites (tertiary alicyclic amines) is 1. The summed E-state index contributed by atoms with van der Waals surface area (Å²) in [5, 5.41) is 10.8. The number of hydrogen-bond acceptors (Lipinski definition) is 7. The normalized spacial score (nSPS) is 16.2. The lowest BCUT2D eigenvalue weighted by atomic mass is 9.91. The Labute approximate surface area is 182 Å². The number of hydrogen-bond donors (Lipinski definition) is 1. The summed E-state index contributed by atoms with van der Waals surface area (Å²) in [6, 6.07) is 4.92. The quantitative estimate of drug-likeness (QED) is 0.644. The molecule has 1 N–H and O–H groups in total. The van der Waals surface area contributed by atoms with Gasteiger partial charge >= 0.3 is 5.97 Å². The number of esters is 1. The van der Waals surface area contributed by atoms with Gasteiger partial charge in [0.1, 0.15) is 5.75 Å². The zero-order valence-corrected chi connectivity index (χ0v) is 18.4. The molecule has 8 heteroatoms. The second-order valence-electron chi connectivity index (χ2n) is 7.78. The van der Waals surface area contributed by atoms with Gasteiger partial charge in [-0.3, -0.25) is 19.5 Å². The fourth-order valence-corrected chi connectivity index (χ4v) is 4.25. The van der Waals surface area contributed by atoms with Gasteiger partial charge in [0.2, 0.25) is 0 Å². The van der Waals surface area contributed by atoms with Crippen molar-refractivity contribution < 1.29 is 19.4 Å². The minimum atomic E-state index is -0.437. The lowest BCUT2D eigenvalue weighted by Gasteiger charge is -2.37. The Morgan fingerprint density at radius 3 is 2.58 bits per heavy atom. The zero-order valence-electron chi connectivity index (χ0n) is 18.4. The standard InChI is InChI=1S/C23H31N3O5/c1-4-31-23(29)18-7-11-25(12-8-18)21(17-5-9-24-10-6-17)20-19(27)15-16(2)26(22(20)28)13-14-30-3/h5-6,9-10,15,18,21,27H,4,7-8,11-14H2,1-3H3/t21-/m0/s1. The lowest BCUT2D eigenvalue weighted by molar-refractivity contribution is -0.149. The van der Waals surface area contributed by atoms with E-state index < -0.39 is 6.04 Å². The monoisotopic (exact) mass is 429 g/mol. The Bertz CT molecular complexity index is 936. The summed E-state index contributed by atoms with van der Waals surface area (Å²) in [6.07, 6.45) is 4.65. The molecule has 0 aliphatic carbocycles. The van der Waals surface area contributed by atoms with Crippen LogP contribution < -0.4 is 5.56 Å². The van der Waals surface area contributed by atoms with Gasteiger partial charge in [-0.2, -0.15) is 0 Å². The molecule has 168 valence electrons. The summed E-state index contributed by atoms with van der Waals surface area (Å²) in [4.78, 5) is 31.9. The largest absolute Gasteiger partial charge is 0.507 e. The molecule has 1 aliphatic heterocycles. The number of nitrogens with zero attached hydrogens (tertiary/aromatic N) is 3. The van der Waals surface area contributed by atoms with E-state index in [1.54, 1.807) is 44.0 Å². The maximum atomic E-state index is 13.5. The highest BCUT2D eigenvalue weighted by molar-refractivity contribution is 5.72. The minimum Gasteiger partial charge on any atom is -0.507 e.